The standard InChI is InChI=1S/C11H12ClNO/c1-13(9-3-4-9)11-5-2-8(7-14)6-10(11)12/h2,5-7,9H,3-4H2,1H3. The smallest absolute Gasteiger partial charge is 0.150 e. The second kappa shape index (κ2) is 3.62. The van der Waals surface area contributed by atoms with Crippen molar-refractivity contribution < 1.29 is 4.79 Å². The lowest BCUT2D eigenvalue weighted by Crippen LogP contribution is -2.19. The third-order valence-electron chi connectivity index (χ3n) is 2.58. The van der Waals surface area contributed by atoms with Crippen molar-refractivity contribution >= 4 is 23.6 Å². The zero-order chi connectivity index (χ0) is 10.1. The highest BCUT2D eigenvalue weighted by atomic mass is 35.5. The summed E-state index contributed by atoms with van der Waals surface area (Å²) < 4.78 is 0. The number of hydrogen-bond acceptors (Lipinski definition) is 2. The molecule has 0 bridgehead atoms. The molecule has 0 aliphatic heterocycles. The van der Waals surface area contributed by atoms with E-state index in [0.717, 1.165) is 12.0 Å². The lowest BCUT2D eigenvalue weighted by Gasteiger charge is -2.19. The average molecular weight is 210 g/mol. The summed E-state index contributed by atoms with van der Waals surface area (Å²) in [6.07, 6.45) is 3.29. The summed E-state index contributed by atoms with van der Waals surface area (Å²) in [5.74, 6) is 0. The van der Waals surface area contributed by atoms with E-state index in [1.54, 1.807) is 12.1 Å². The molecule has 0 amide bonds. The summed E-state index contributed by atoms with van der Waals surface area (Å²) >= 11 is 6.07. The van der Waals surface area contributed by atoms with Crippen LogP contribution in [0.2, 0.25) is 5.02 Å². The third kappa shape index (κ3) is 1.75. The molecule has 0 aromatic heterocycles. The van der Waals surface area contributed by atoms with Crippen LogP contribution in [0.25, 0.3) is 0 Å². The highest BCUT2D eigenvalue weighted by molar-refractivity contribution is 6.33. The molecular weight excluding hydrogens is 198 g/mol. The number of aldehydes is 1. The van der Waals surface area contributed by atoms with E-state index in [9.17, 15) is 4.79 Å². The number of hydrogen-bond donors (Lipinski definition) is 0. The van der Waals surface area contributed by atoms with Gasteiger partial charge in [-0.05, 0) is 31.0 Å². The molecule has 0 atom stereocenters. The molecule has 74 valence electrons. The quantitative estimate of drug-likeness (QED) is 0.714. The zero-order valence-electron chi connectivity index (χ0n) is 8.03. The van der Waals surface area contributed by atoms with Gasteiger partial charge < -0.3 is 4.90 Å². The molecule has 14 heavy (non-hydrogen) atoms. The SMILES string of the molecule is CN(c1ccc(C=O)cc1Cl)C1CC1. The van der Waals surface area contributed by atoms with Gasteiger partial charge in [-0.1, -0.05) is 11.6 Å². The van der Waals surface area contributed by atoms with E-state index in [4.69, 9.17) is 11.6 Å². The molecule has 1 aromatic carbocycles. The van der Waals surface area contributed by atoms with Gasteiger partial charge in [-0.3, -0.25) is 4.79 Å². The fourth-order valence-corrected chi connectivity index (χ4v) is 1.86. The van der Waals surface area contributed by atoms with E-state index in [1.807, 2.05) is 13.1 Å². The van der Waals surface area contributed by atoms with E-state index >= 15 is 0 Å². The summed E-state index contributed by atoms with van der Waals surface area (Å²) in [4.78, 5) is 12.7. The predicted octanol–water partition coefficient (Wildman–Crippen LogP) is 2.75. The largest absolute Gasteiger partial charge is 0.370 e. The number of benzene rings is 1. The van der Waals surface area contributed by atoms with Crippen LogP contribution in [0.5, 0.6) is 0 Å². The van der Waals surface area contributed by atoms with Crippen LogP contribution < -0.4 is 4.90 Å². The maximum absolute atomic E-state index is 10.5. The maximum Gasteiger partial charge on any atom is 0.150 e. The predicted molar refractivity (Wildman–Crippen MR) is 58.3 cm³/mol. The molecule has 0 radical (unpaired) electrons. The van der Waals surface area contributed by atoms with E-state index in [-0.39, 0.29) is 0 Å². The molecule has 1 saturated carbocycles. The van der Waals surface area contributed by atoms with E-state index in [1.165, 1.54) is 12.8 Å². The zero-order valence-corrected chi connectivity index (χ0v) is 8.79. The molecule has 1 aliphatic rings. The Balaban J connectivity index is 2.28. The Morgan fingerprint density at radius 2 is 2.21 bits per heavy atom. The average Bonchev–Trinajstić information content (AvgIpc) is 3.00. The van der Waals surface area contributed by atoms with E-state index in [2.05, 4.69) is 4.90 Å². The summed E-state index contributed by atoms with van der Waals surface area (Å²) in [6, 6.07) is 6.05. The molecule has 3 heteroatoms. The molecular formula is C11H12ClNO. The van der Waals surface area contributed by atoms with Gasteiger partial charge >= 0.3 is 0 Å². The van der Waals surface area contributed by atoms with Crippen LogP contribution >= 0.6 is 11.6 Å². The third-order valence-corrected chi connectivity index (χ3v) is 2.89. The molecule has 1 fully saturated rings. The Hall–Kier alpha value is -1.02. The van der Waals surface area contributed by atoms with Gasteiger partial charge in [0.1, 0.15) is 6.29 Å². The van der Waals surface area contributed by atoms with Gasteiger partial charge in [-0.15, -0.1) is 0 Å². The van der Waals surface area contributed by atoms with Crippen LogP contribution in [-0.2, 0) is 0 Å². The van der Waals surface area contributed by atoms with Crippen molar-refractivity contribution in [3.8, 4) is 0 Å². The molecule has 1 aliphatic carbocycles. The minimum Gasteiger partial charge on any atom is -0.370 e. The number of nitrogens with zero attached hydrogens (tertiary/aromatic N) is 1. The second-order valence-corrected chi connectivity index (χ2v) is 4.08. The first-order valence-electron chi connectivity index (χ1n) is 4.70. The highest BCUT2D eigenvalue weighted by Crippen LogP contribution is 2.34. The number of rotatable bonds is 3. The first-order valence-corrected chi connectivity index (χ1v) is 5.07. The number of halogens is 1. The summed E-state index contributed by atoms with van der Waals surface area (Å²) in [5, 5.41) is 0.656. The van der Waals surface area contributed by atoms with Gasteiger partial charge in [0.15, 0.2) is 0 Å². The summed E-state index contributed by atoms with van der Waals surface area (Å²) in [5.41, 5.74) is 1.64. The van der Waals surface area contributed by atoms with E-state index in [0.29, 0.717) is 16.6 Å². The molecule has 2 nitrogen and oxygen atoms in total. The minimum atomic E-state index is 0.628. The molecule has 0 heterocycles. The minimum absolute atomic E-state index is 0.628. The molecule has 1 aromatic rings. The maximum atomic E-state index is 10.5. The lowest BCUT2D eigenvalue weighted by molar-refractivity contribution is 0.112. The first-order chi connectivity index (χ1) is 6.72. The normalized spacial score (nSPS) is 15.3. The van der Waals surface area contributed by atoms with E-state index < -0.39 is 0 Å². The Morgan fingerprint density at radius 1 is 1.50 bits per heavy atom. The Labute approximate surface area is 88.5 Å². The number of carbonyl (C=O) groups excluding carboxylic acids is 1. The first kappa shape index (κ1) is 9.53. The van der Waals surface area contributed by atoms with Crippen LogP contribution in [0.4, 0.5) is 5.69 Å². The van der Waals surface area contributed by atoms with Crippen LogP contribution in [0, 0.1) is 0 Å². The number of anilines is 1. The highest BCUT2D eigenvalue weighted by Gasteiger charge is 2.27. The molecule has 2 rings (SSSR count). The van der Waals surface area contributed by atoms with Crippen molar-refractivity contribution in [3.05, 3.63) is 28.8 Å². The molecule has 0 N–H and O–H groups in total. The van der Waals surface area contributed by atoms with Crippen LogP contribution in [0.3, 0.4) is 0 Å². The fraction of sp³-hybridized carbons (Fsp3) is 0.364. The Bertz CT molecular complexity index is 360. The second-order valence-electron chi connectivity index (χ2n) is 3.67. The topological polar surface area (TPSA) is 20.3 Å². The van der Waals surface area contributed by atoms with Gasteiger partial charge in [0, 0.05) is 18.7 Å². The van der Waals surface area contributed by atoms with Crippen LogP contribution in [0.15, 0.2) is 18.2 Å². The van der Waals surface area contributed by atoms with Gasteiger partial charge in [-0.25, -0.2) is 0 Å². The lowest BCUT2D eigenvalue weighted by atomic mass is 10.2. The number of carbonyl (C=O) groups is 1. The van der Waals surface area contributed by atoms with Crippen molar-refractivity contribution in [2.75, 3.05) is 11.9 Å². The van der Waals surface area contributed by atoms with Crippen LogP contribution in [-0.4, -0.2) is 19.4 Å². The van der Waals surface area contributed by atoms with Crippen LogP contribution in [0.1, 0.15) is 23.2 Å². The van der Waals surface area contributed by atoms with Gasteiger partial charge in [0.25, 0.3) is 0 Å². The molecule has 0 spiro atoms. The van der Waals surface area contributed by atoms with Gasteiger partial charge in [0.05, 0.1) is 10.7 Å². The van der Waals surface area contributed by atoms with Crippen molar-refractivity contribution in [3.63, 3.8) is 0 Å². The fourth-order valence-electron chi connectivity index (χ4n) is 1.54. The summed E-state index contributed by atoms with van der Waals surface area (Å²) in [6.45, 7) is 0. The Morgan fingerprint density at radius 3 is 2.71 bits per heavy atom. The summed E-state index contributed by atoms with van der Waals surface area (Å²) in [7, 11) is 2.04. The van der Waals surface area contributed by atoms with Gasteiger partial charge in [0.2, 0.25) is 0 Å². The Kier molecular flexibility index (Phi) is 2.46. The van der Waals surface area contributed by atoms with Crippen molar-refractivity contribution in [2.45, 2.75) is 18.9 Å². The molecule has 0 unspecified atom stereocenters. The molecule has 0 saturated heterocycles. The van der Waals surface area contributed by atoms with Gasteiger partial charge in [-0.2, -0.15) is 0 Å². The van der Waals surface area contributed by atoms with Crippen molar-refractivity contribution in [1.82, 2.24) is 0 Å². The van der Waals surface area contributed by atoms with Crippen molar-refractivity contribution in [2.24, 2.45) is 0 Å². The monoisotopic (exact) mass is 209 g/mol. The van der Waals surface area contributed by atoms with Crippen molar-refractivity contribution in [1.29, 1.82) is 0 Å².